The highest BCUT2D eigenvalue weighted by molar-refractivity contribution is 5.69. The van der Waals surface area contributed by atoms with Gasteiger partial charge in [-0.05, 0) is 56.9 Å². The van der Waals surface area contributed by atoms with Crippen molar-refractivity contribution in [3.8, 4) is 16.9 Å². The molecule has 6 heteroatoms. The average molecular weight is 457 g/mol. The van der Waals surface area contributed by atoms with E-state index in [2.05, 4.69) is 24.1 Å². The van der Waals surface area contributed by atoms with Crippen LogP contribution in [0.25, 0.3) is 11.1 Å². The molecule has 1 aromatic heterocycles. The maximum atomic E-state index is 12.6. The molecule has 0 bridgehead atoms. The number of benzene rings is 1. The maximum absolute atomic E-state index is 12.6. The number of methoxy groups -OCH3 is 1. The highest BCUT2D eigenvalue weighted by atomic mass is 16.6. The smallest absolute Gasteiger partial charge is 0.408 e. The first kappa shape index (κ1) is 26.7. The van der Waals surface area contributed by atoms with Crippen LogP contribution in [0.3, 0.4) is 0 Å². The van der Waals surface area contributed by atoms with Crippen molar-refractivity contribution in [3.05, 3.63) is 48.3 Å². The Kier molecular flexibility index (Phi) is 11.2. The van der Waals surface area contributed by atoms with Crippen LogP contribution in [0, 0.1) is 0 Å². The molecule has 0 saturated heterocycles. The van der Waals surface area contributed by atoms with E-state index in [-0.39, 0.29) is 12.2 Å². The van der Waals surface area contributed by atoms with Gasteiger partial charge in [-0.3, -0.25) is 4.98 Å². The van der Waals surface area contributed by atoms with Gasteiger partial charge >= 0.3 is 6.09 Å². The van der Waals surface area contributed by atoms with E-state index in [0.717, 1.165) is 61.1 Å². The molecule has 1 amide bonds. The van der Waals surface area contributed by atoms with E-state index in [1.165, 1.54) is 0 Å². The Labute approximate surface area is 199 Å². The predicted molar refractivity (Wildman–Crippen MR) is 133 cm³/mol. The van der Waals surface area contributed by atoms with Crippen molar-refractivity contribution in [2.75, 3.05) is 20.3 Å². The highest BCUT2D eigenvalue weighted by Gasteiger charge is 2.26. The molecule has 1 N–H and O–H groups in total. The van der Waals surface area contributed by atoms with Crippen LogP contribution in [-0.4, -0.2) is 37.5 Å². The number of amides is 1. The Morgan fingerprint density at radius 2 is 1.70 bits per heavy atom. The predicted octanol–water partition coefficient (Wildman–Crippen LogP) is 6.48. The molecule has 0 aliphatic carbocycles. The Morgan fingerprint density at radius 1 is 0.970 bits per heavy atom. The molecule has 0 saturated carbocycles. The van der Waals surface area contributed by atoms with Gasteiger partial charge < -0.3 is 19.5 Å². The highest BCUT2D eigenvalue weighted by Crippen LogP contribution is 2.25. The largest absolute Gasteiger partial charge is 0.491 e. The Hall–Kier alpha value is -2.60. The number of aromatic nitrogens is 1. The van der Waals surface area contributed by atoms with E-state index in [9.17, 15) is 4.79 Å². The second-order valence-electron chi connectivity index (χ2n) is 8.86. The average Bonchev–Trinajstić information content (AvgIpc) is 2.80. The molecule has 2 aromatic rings. The summed E-state index contributed by atoms with van der Waals surface area (Å²) in [4.78, 5) is 17.2. The molecule has 0 aliphatic heterocycles. The number of rotatable bonds is 14. The molecule has 1 aromatic carbocycles. The summed E-state index contributed by atoms with van der Waals surface area (Å²) in [5, 5.41) is 2.99. The van der Waals surface area contributed by atoms with Gasteiger partial charge in [0, 0.05) is 18.9 Å². The minimum Gasteiger partial charge on any atom is -0.491 e. The fraction of sp³-hybridized carbons (Fsp3) is 0.556. The number of pyridine rings is 1. The van der Waals surface area contributed by atoms with E-state index in [1.807, 2.05) is 56.4 Å². The number of alkyl carbamates (subject to hydrolysis) is 1. The fourth-order valence-electron chi connectivity index (χ4n) is 3.63. The maximum Gasteiger partial charge on any atom is 0.408 e. The third-order valence-corrected chi connectivity index (χ3v) is 5.58. The second-order valence-corrected chi connectivity index (χ2v) is 8.86. The van der Waals surface area contributed by atoms with Gasteiger partial charge in [-0.2, -0.15) is 0 Å². The van der Waals surface area contributed by atoms with Crippen LogP contribution >= 0.6 is 0 Å². The number of nitrogens with zero attached hydrogens (tertiary/aromatic N) is 1. The lowest BCUT2D eigenvalue weighted by atomic mass is 9.98. The van der Waals surface area contributed by atoms with Crippen LogP contribution in [0.5, 0.6) is 5.75 Å². The molecular formula is C27H40N2O4. The molecule has 0 radical (unpaired) electrons. The Morgan fingerprint density at radius 3 is 2.30 bits per heavy atom. The summed E-state index contributed by atoms with van der Waals surface area (Å²) >= 11 is 0. The Balaban J connectivity index is 1.96. The van der Waals surface area contributed by atoms with Crippen LogP contribution < -0.4 is 10.1 Å². The zero-order valence-corrected chi connectivity index (χ0v) is 20.9. The SMILES string of the molecule is CCCCCC(CCC)OC(=O)NC(C)(C)c1ccc(-c2ccc(OCCOC)cc2)cn1. The molecule has 1 atom stereocenters. The van der Waals surface area contributed by atoms with Gasteiger partial charge in [0.15, 0.2) is 0 Å². The molecule has 182 valence electrons. The normalized spacial score (nSPS) is 12.3. The number of carbonyl (C=O) groups excluding carboxylic acids is 1. The third-order valence-electron chi connectivity index (χ3n) is 5.58. The molecule has 0 spiro atoms. The van der Waals surface area contributed by atoms with E-state index in [4.69, 9.17) is 14.2 Å². The number of hydrogen-bond donors (Lipinski definition) is 1. The summed E-state index contributed by atoms with van der Waals surface area (Å²) in [6, 6.07) is 11.9. The Bertz CT molecular complexity index is 819. The number of hydrogen-bond acceptors (Lipinski definition) is 5. The van der Waals surface area contributed by atoms with Crippen molar-refractivity contribution >= 4 is 6.09 Å². The number of unbranched alkanes of at least 4 members (excludes halogenated alkanes) is 2. The van der Waals surface area contributed by atoms with Crippen molar-refractivity contribution in [1.82, 2.24) is 10.3 Å². The number of carbonyl (C=O) groups is 1. The zero-order valence-electron chi connectivity index (χ0n) is 20.9. The van der Waals surface area contributed by atoms with Crippen molar-refractivity contribution in [3.63, 3.8) is 0 Å². The lowest BCUT2D eigenvalue weighted by Crippen LogP contribution is -2.43. The number of ether oxygens (including phenoxy) is 3. The van der Waals surface area contributed by atoms with E-state index >= 15 is 0 Å². The number of nitrogens with one attached hydrogen (secondary N) is 1. The molecule has 2 rings (SSSR count). The summed E-state index contributed by atoms with van der Waals surface area (Å²) in [7, 11) is 1.65. The zero-order chi connectivity index (χ0) is 24.1. The molecule has 0 aliphatic rings. The second kappa shape index (κ2) is 13.8. The fourth-order valence-corrected chi connectivity index (χ4v) is 3.63. The lowest BCUT2D eigenvalue weighted by Gasteiger charge is -2.27. The van der Waals surface area contributed by atoms with Crippen molar-refractivity contribution < 1.29 is 19.0 Å². The van der Waals surface area contributed by atoms with E-state index in [0.29, 0.717) is 13.2 Å². The van der Waals surface area contributed by atoms with Crippen LogP contribution in [0.2, 0.25) is 0 Å². The summed E-state index contributed by atoms with van der Waals surface area (Å²) in [5.74, 6) is 0.806. The minimum absolute atomic E-state index is 0.0332. The first-order valence-electron chi connectivity index (χ1n) is 12.1. The van der Waals surface area contributed by atoms with Gasteiger partial charge in [0.1, 0.15) is 18.5 Å². The van der Waals surface area contributed by atoms with Crippen LogP contribution in [0.4, 0.5) is 4.79 Å². The van der Waals surface area contributed by atoms with Gasteiger partial charge in [0.25, 0.3) is 0 Å². The monoisotopic (exact) mass is 456 g/mol. The van der Waals surface area contributed by atoms with Crippen molar-refractivity contribution in [1.29, 1.82) is 0 Å². The van der Waals surface area contributed by atoms with Crippen LogP contribution in [0.15, 0.2) is 42.6 Å². The van der Waals surface area contributed by atoms with E-state index in [1.54, 1.807) is 7.11 Å². The van der Waals surface area contributed by atoms with E-state index < -0.39 is 5.54 Å². The molecule has 1 unspecified atom stereocenters. The summed E-state index contributed by atoms with van der Waals surface area (Å²) < 4.78 is 16.4. The molecule has 0 fully saturated rings. The van der Waals surface area contributed by atoms with Crippen molar-refractivity contribution in [2.24, 2.45) is 0 Å². The van der Waals surface area contributed by atoms with Gasteiger partial charge in [-0.15, -0.1) is 0 Å². The molecule has 6 nitrogen and oxygen atoms in total. The topological polar surface area (TPSA) is 69.7 Å². The van der Waals surface area contributed by atoms with Crippen LogP contribution in [0.1, 0.15) is 71.9 Å². The van der Waals surface area contributed by atoms with Crippen LogP contribution in [-0.2, 0) is 15.0 Å². The summed E-state index contributed by atoms with van der Waals surface area (Å²) in [6.07, 6.45) is 7.62. The minimum atomic E-state index is -0.644. The first-order valence-corrected chi connectivity index (χ1v) is 12.1. The first-order chi connectivity index (χ1) is 15.9. The van der Waals surface area contributed by atoms with Gasteiger partial charge in [-0.1, -0.05) is 51.3 Å². The van der Waals surface area contributed by atoms with Gasteiger partial charge in [-0.25, -0.2) is 4.79 Å². The molecule has 33 heavy (non-hydrogen) atoms. The van der Waals surface area contributed by atoms with Crippen molar-refractivity contribution in [2.45, 2.75) is 77.9 Å². The summed E-state index contributed by atoms with van der Waals surface area (Å²) in [5.41, 5.74) is 2.18. The summed E-state index contributed by atoms with van der Waals surface area (Å²) in [6.45, 7) is 9.25. The quantitative estimate of drug-likeness (QED) is 0.329. The van der Waals surface area contributed by atoms with Gasteiger partial charge in [0.2, 0.25) is 0 Å². The molecule has 1 heterocycles. The third kappa shape index (κ3) is 9.04. The molecular weight excluding hydrogens is 416 g/mol. The standard InChI is InChI=1S/C27H40N2O4/c1-6-8-9-11-24(10-7-2)33-26(30)29-27(3,4)25-17-14-22(20-28-25)21-12-15-23(16-13-21)32-19-18-31-5/h12-17,20,24H,6-11,18-19H2,1-5H3,(H,29,30). The van der Waals surface area contributed by atoms with Gasteiger partial charge in [0.05, 0.1) is 17.8 Å². The lowest BCUT2D eigenvalue weighted by molar-refractivity contribution is 0.0783.